The molecule has 0 bridgehead atoms. The van der Waals surface area contributed by atoms with Gasteiger partial charge in [0.1, 0.15) is 11.5 Å². The molecular formula is C27H27ClN2O4S. The number of aryl methyl sites for hydroxylation is 2. The van der Waals surface area contributed by atoms with Gasteiger partial charge in [-0.2, -0.15) is 0 Å². The maximum atomic E-state index is 13.3. The molecule has 1 unspecified atom stereocenters. The van der Waals surface area contributed by atoms with E-state index in [-0.39, 0.29) is 21.8 Å². The SMILES string of the molecule is COc1ccc(C(O)=C2C(=O)C(=O)N(c3nc(C)c(C)s3)C2c2ccc(C(C)(C)C)cc2)cc1Cl. The first kappa shape index (κ1) is 24.9. The maximum absolute atomic E-state index is 13.3. The molecule has 182 valence electrons. The summed E-state index contributed by atoms with van der Waals surface area (Å²) in [6.07, 6.45) is 0. The summed E-state index contributed by atoms with van der Waals surface area (Å²) < 4.78 is 5.19. The minimum absolute atomic E-state index is 0.00903. The summed E-state index contributed by atoms with van der Waals surface area (Å²) in [5.74, 6) is -1.37. The number of aromatic nitrogens is 1. The molecule has 1 aromatic heterocycles. The molecule has 35 heavy (non-hydrogen) atoms. The van der Waals surface area contributed by atoms with Gasteiger partial charge in [-0.25, -0.2) is 4.98 Å². The van der Waals surface area contributed by atoms with Crippen LogP contribution in [0.25, 0.3) is 5.76 Å². The number of ether oxygens (including phenoxy) is 1. The first-order valence-electron chi connectivity index (χ1n) is 11.1. The number of amides is 1. The number of halogens is 1. The van der Waals surface area contributed by atoms with Crippen LogP contribution in [0, 0.1) is 13.8 Å². The molecule has 2 heterocycles. The first-order valence-corrected chi connectivity index (χ1v) is 12.3. The highest BCUT2D eigenvalue weighted by atomic mass is 35.5. The Morgan fingerprint density at radius 2 is 1.77 bits per heavy atom. The summed E-state index contributed by atoms with van der Waals surface area (Å²) in [6.45, 7) is 10.1. The van der Waals surface area contributed by atoms with Crippen LogP contribution in [0.15, 0.2) is 48.0 Å². The molecule has 0 saturated carbocycles. The van der Waals surface area contributed by atoms with Crippen molar-refractivity contribution < 1.29 is 19.4 Å². The highest BCUT2D eigenvalue weighted by Gasteiger charge is 2.48. The van der Waals surface area contributed by atoms with Crippen molar-refractivity contribution in [2.24, 2.45) is 0 Å². The smallest absolute Gasteiger partial charge is 0.301 e. The Balaban J connectivity index is 1.93. The van der Waals surface area contributed by atoms with Crippen molar-refractivity contribution in [1.29, 1.82) is 0 Å². The number of hydrogen-bond acceptors (Lipinski definition) is 6. The Morgan fingerprint density at radius 3 is 2.29 bits per heavy atom. The molecule has 1 aliphatic rings. The molecule has 0 spiro atoms. The third-order valence-electron chi connectivity index (χ3n) is 6.19. The monoisotopic (exact) mass is 510 g/mol. The van der Waals surface area contributed by atoms with E-state index < -0.39 is 17.7 Å². The van der Waals surface area contributed by atoms with Gasteiger partial charge in [-0.3, -0.25) is 14.5 Å². The maximum Gasteiger partial charge on any atom is 0.301 e. The standard InChI is InChI=1S/C27H27ClN2O4S/c1-14-15(2)35-26(29-14)30-22(16-7-10-18(11-8-16)27(3,4)5)21(24(32)25(30)33)23(31)17-9-12-20(34-6)19(28)13-17/h7-13,22,31H,1-6H3. The Hall–Kier alpha value is -3.16. The number of anilines is 1. The van der Waals surface area contributed by atoms with Crippen LogP contribution >= 0.6 is 22.9 Å². The van der Waals surface area contributed by atoms with E-state index in [0.29, 0.717) is 22.0 Å². The van der Waals surface area contributed by atoms with Gasteiger partial charge in [0.15, 0.2) is 5.13 Å². The van der Waals surface area contributed by atoms with Crippen molar-refractivity contribution >= 4 is 45.5 Å². The molecule has 1 amide bonds. The molecule has 1 saturated heterocycles. The van der Waals surface area contributed by atoms with E-state index in [1.165, 1.54) is 29.4 Å². The molecule has 1 fully saturated rings. The van der Waals surface area contributed by atoms with Crippen LogP contribution in [0.3, 0.4) is 0 Å². The number of hydrogen-bond donors (Lipinski definition) is 1. The second-order valence-electron chi connectivity index (χ2n) is 9.53. The fourth-order valence-corrected chi connectivity index (χ4v) is 5.23. The molecule has 3 aromatic rings. The number of carbonyl (C=O) groups excluding carboxylic acids is 2. The first-order chi connectivity index (χ1) is 16.4. The topological polar surface area (TPSA) is 79.7 Å². The number of thiazole rings is 1. The quantitative estimate of drug-likeness (QED) is 0.251. The van der Waals surface area contributed by atoms with Gasteiger partial charge < -0.3 is 9.84 Å². The van der Waals surface area contributed by atoms with Gasteiger partial charge in [-0.05, 0) is 48.6 Å². The van der Waals surface area contributed by atoms with E-state index in [0.717, 1.165) is 16.1 Å². The Kier molecular flexibility index (Phi) is 6.51. The largest absolute Gasteiger partial charge is 0.507 e. The van der Waals surface area contributed by atoms with Crippen LogP contribution in [0.5, 0.6) is 5.75 Å². The molecule has 6 nitrogen and oxygen atoms in total. The summed E-state index contributed by atoms with van der Waals surface area (Å²) in [4.78, 5) is 33.5. The zero-order valence-electron chi connectivity index (χ0n) is 20.5. The minimum Gasteiger partial charge on any atom is -0.507 e. The number of rotatable bonds is 4. The van der Waals surface area contributed by atoms with Crippen LogP contribution in [0.1, 0.15) is 54.1 Å². The number of methoxy groups -OCH3 is 1. The van der Waals surface area contributed by atoms with Gasteiger partial charge in [0.25, 0.3) is 5.78 Å². The van der Waals surface area contributed by atoms with E-state index in [2.05, 4.69) is 25.8 Å². The van der Waals surface area contributed by atoms with Crippen LogP contribution in [0.4, 0.5) is 5.13 Å². The van der Waals surface area contributed by atoms with Crippen molar-refractivity contribution in [1.82, 2.24) is 4.98 Å². The minimum atomic E-state index is -0.838. The predicted molar refractivity (Wildman–Crippen MR) is 140 cm³/mol. The lowest BCUT2D eigenvalue weighted by Gasteiger charge is -2.25. The molecule has 1 N–H and O–H groups in total. The normalized spacial score (nSPS) is 17.8. The second-order valence-corrected chi connectivity index (χ2v) is 11.1. The number of nitrogens with zero attached hydrogens (tertiary/aromatic N) is 2. The fourth-order valence-electron chi connectivity index (χ4n) is 4.04. The lowest BCUT2D eigenvalue weighted by Crippen LogP contribution is -2.29. The zero-order chi connectivity index (χ0) is 25.7. The van der Waals surface area contributed by atoms with Crippen molar-refractivity contribution in [3.8, 4) is 5.75 Å². The number of aliphatic hydroxyl groups is 1. The Morgan fingerprint density at radius 1 is 1.11 bits per heavy atom. The number of ketones is 1. The van der Waals surface area contributed by atoms with Crippen LogP contribution in [-0.4, -0.2) is 28.9 Å². The zero-order valence-corrected chi connectivity index (χ0v) is 22.0. The summed E-state index contributed by atoms with van der Waals surface area (Å²) >= 11 is 7.61. The van der Waals surface area contributed by atoms with Gasteiger partial charge >= 0.3 is 5.91 Å². The molecule has 1 aliphatic heterocycles. The highest BCUT2D eigenvalue weighted by Crippen LogP contribution is 2.44. The van der Waals surface area contributed by atoms with Gasteiger partial charge in [0, 0.05) is 10.4 Å². The number of Topliss-reactive ketones (excluding diaryl/α,β-unsaturated/α-hetero) is 1. The van der Waals surface area contributed by atoms with Crippen LogP contribution < -0.4 is 9.64 Å². The molecule has 8 heteroatoms. The Bertz CT molecular complexity index is 1330. The van der Waals surface area contributed by atoms with E-state index in [9.17, 15) is 14.7 Å². The van der Waals surface area contributed by atoms with Crippen molar-refractivity contribution in [2.75, 3.05) is 12.0 Å². The predicted octanol–water partition coefficient (Wildman–Crippen LogP) is 6.35. The number of carbonyl (C=O) groups is 2. The molecule has 0 aliphatic carbocycles. The molecule has 0 radical (unpaired) electrons. The molecule has 1 atom stereocenters. The fraction of sp³-hybridized carbons (Fsp3) is 0.296. The third kappa shape index (κ3) is 4.46. The van der Waals surface area contributed by atoms with E-state index in [4.69, 9.17) is 16.3 Å². The highest BCUT2D eigenvalue weighted by molar-refractivity contribution is 7.16. The summed E-state index contributed by atoms with van der Waals surface area (Å²) in [5, 5.41) is 12.0. The van der Waals surface area contributed by atoms with Gasteiger partial charge in [-0.1, -0.05) is 56.6 Å². The molecule has 2 aromatic carbocycles. The lowest BCUT2D eigenvalue weighted by molar-refractivity contribution is -0.132. The van der Waals surface area contributed by atoms with Crippen molar-refractivity contribution in [3.63, 3.8) is 0 Å². The lowest BCUT2D eigenvalue weighted by atomic mass is 9.85. The van der Waals surface area contributed by atoms with E-state index >= 15 is 0 Å². The van der Waals surface area contributed by atoms with Crippen molar-refractivity contribution in [3.05, 3.63) is 80.3 Å². The van der Waals surface area contributed by atoms with Crippen LogP contribution in [0.2, 0.25) is 5.02 Å². The molecular weight excluding hydrogens is 484 g/mol. The van der Waals surface area contributed by atoms with E-state index in [1.807, 2.05) is 38.1 Å². The molecule has 4 rings (SSSR count). The average molecular weight is 511 g/mol. The van der Waals surface area contributed by atoms with Crippen molar-refractivity contribution in [2.45, 2.75) is 46.1 Å². The summed E-state index contributed by atoms with van der Waals surface area (Å²) in [5.41, 5.74) is 2.84. The van der Waals surface area contributed by atoms with E-state index in [1.54, 1.807) is 12.1 Å². The average Bonchev–Trinajstić information content (AvgIpc) is 3.27. The summed E-state index contributed by atoms with van der Waals surface area (Å²) in [7, 11) is 1.49. The second kappa shape index (κ2) is 9.13. The van der Waals surface area contributed by atoms with Gasteiger partial charge in [0.05, 0.1) is 29.4 Å². The Labute approximate surface area is 213 Å². The number of benzene rings is 2. The van der Waals surface area contributed by atoms with Gasteiger partial charge in [0.2, 0.25) is 0 Å². The van der Waals surface area contributed by atoms with Gasteiger partial charge in [-0.15, -0.1) is 11.3 Å². The summed E-state index contributed by atoms with van der Waals surface area (Å²) in [6, 6.07) is 11.6. The third-order valence-corrected chi connectivity index (χ3v) is 7.55. The number of aliphatic hydroxyl groups excluding tert-OH is 1. The van der Waals surface area contributed by atoms with Crippen LogP contribution in [-0.2, 0) is 15.0 Å².